The van der Waals surface area contributed by atoms with Gasteiger partial charge >= 0.3 is 0 Å². The molecule has 1 aliphatic carbocycles. The van der Waals surface area contributed by atoms with Gasteiger partial charge in [-0.3, -0.25) is 14.8 Å². The Morgan fingerprint density at radius 3 is 2.73 bits per heavy atom. The van der Waals surface area contributed by atoms with E-state index in [4.69, 9.17) is 0 Å². The Hall–Kier alpha value is -2.27. The van der Waals surface area contributed by atoms with Crippen LogP contribution in [-0.2, 0) is 17.9 Å². The zero-order valence-electron chi connectivity index (χ0n) is 17.2. The highest BCUT2D eigenvalue weighted by Crippen LogP contribution is 2.35. The fourth-order valence-corrected chi connectivity index (χ4v) is 5.36. The molecule has 1 fully saturated rings. The van der Waals surface area contributed by atoms with Crippen LogP contribution in [0.25, 0.3) is 11.4 Å². The summed E-state index contributed by atoms with van der Waals surface area (Å²) < 4.78 is 3.86. The Balaban J connectivity index is 1.35. The van der Waals surface area contributed by atoms with Crippen LogP contribution in [0.3, 0.4) is 0 Å². The molecule has 0 aliphatic heterocycles. The molecule has 1 saturated carbocycles. The van der Waals surface area contributed by atoms with E-state index in [1.54, 1.807) is 6.20 Å². The number of nitrogens with one attached hydrogen (secondary N) is 1. The van der Waals surface area contributed by atoms with Crippen LogP contribution >= 0.6 is 23.1 Å². The standard InChI is InChI=1S/C19H26N8OS2/c1-3-26-11-14(10-20-26)16-22-25-19(27(16)4-2)29-12-15(28)21-18-24-23-17(30-18)13-8-6-5-7-9-13/h10-11,13H,3-9,12H2,1-2H3,(H,21,24,28). The number of nitrogens with zero attached hydrogens (tertiary/aromatic N) is 7. The number of hydrogen-bond acceptors (Lipinski definition) is 8. The minimum Gasteiger partial charge on any atom is -0.302 e. The fourth-order valence-electron chi connectivity index (χ4n) is 3.63. The van der Waals surface area contributed by atoms with Gasteiger partial charge in [0, 0.05) is 25.2 Å². The van der Waals surface area contributed by atoms with Gasteiger partial charge in [0.1, 0.15) is 5.01 Å². The van der Waals surface area contributed by atoms with Gasteiger partial charge in [0.25, 0.3) is 0 Å². The van der Waals surface area contributed by atoms with Crippen molar-refractivity contribution in [2.75, 3.05) is 11.1 Å². The lowest BCUT2D eigenvalue weighted by molar-refractivity contribution is -0.113. The van der Waals surface area contributed by atoms with E-state index in [0.29, 0.717) is 22.8 Å². The Labute approximate surface area is 183 Å². The predicted octanol–water partition coefficient (Wildman–Crippen LogP) is 3.81. The number of thioether (sulfide) groups is 1. The molecule has 9 nitrogen and oxygen atoms in total. The van der Waals surface area contributed by atoms with Crippen LogP contribution in [0.5, 0.6) is 0 Å². The summed E-state index contributed by atoms with van der Waals surface area (Å²) in [6.45, 7) is 5.59. The van der Waals surface area contributed by atoms with E-state index in [1.807, 2.05) is 29.3 Å². The van der Waals surface area contributed by atoms with Crippen LogP contribution in [0.2, 0.25) is 0 Å². The third-order valence-electron chi connectivity index (χ3n) is 5.22. The van der Waals surface area contributed by atoms with Crippen LogP contribution in [0.4, 0.5) is 5.13 Å². The topological polar surface area (TPSA) is 103 Å². The minimum atomic E-state index is -0.114. The van der Waals surface area contributed by atoms with Crippen LogP contribution in [0.1, 0.15) is 56.9 Å². The summed E-state index contributed by atoms with van der Waals surface area (Å²) in [5, 5.41) is 26.6. The SMILES string of the molecule is CCn1cc(-c2nnc(SCC(=O)Nc3nnc(C4CCCCC4)s3)n2CC)cn1. The number of rotatable bonds is 8. The summed E-state index contributed by atoms with van der Waals surface area (Å²) in [6.07, 6.45) is 9.90. The average Bonchev–Trinajstić information content (AvgIpc) is 3.51. The first-order valence-electron chi connectivity index (χ1n) is 10.4. The largest absolute Gasteiger partial charge is 0.302 e. The van der Waals surface area contributed by atoms with Crippen molar-refractivity contribution in [3.63, 3.8) is 0 Å². The molecule has 1 N–H and O–H groups in total. The zero-order valence-corrected chi connectivity index (χ0v) is 18.9. The smallest absolute Gasteiger partial charge is 0.236 e. The molecule has 30 heavy (non-hydrogen) atoms. The fraction of sp³-hybridized carbons (Fsp3) is 0.579. The summed E-state index contributed by atoms with van der Waals surface area (Å²) in [5.41, 5.74) is 0.923. The van der Waals surface area contributed by atoms with Crippen molar-refractivity contribution in [3.05, 3.63) is 17.4 Å². The van der Waals surface area contributed by atoms with Gasteiger partial charge in [-0.25, -0.2) is 0 Å². The normalized spacial score (nSPS) is 14.9. The van der Waals surface area contributed by atoms with Crippen molar-refractivity contribution in [3.8, 4) is 11.4 Å². The molecule has 0 bridgehead atoms. The van der Waals surface area contributed by atoms with Gasteiger partial charge in [0.05, 0.1) is 17.5 Å². The minimum absolute atomic E-state index is 0.114. The first-order valence-corrected chi connectivity index (χ1v) is 12.2. The summed E-state index contributed by atoms with van der Waals surface area (Å²) in [4.78, 5) is 12.4. The van der Waals surface area contributed by atoms with Crippen molar-refractivity contribution < 1.29 is 4.79 Å². The molecular weight excluding hydrogens is 420 g/mol. The molecule has 0 spiro atoms. The summed E-state index contributed by atoms with van der Waals surface area (Å²) in [5.74, 6) is 1.39. The summed E-state index contributed by atoms with van der Waals surface area (Å²) >= 11 is 2.87. The molecule has 0 saturated heterocycles. The number of anilines is 1. The van der Waals surface area contributed by atoms with Gasteiger partial charge in [0.15, 0.2) is 11.0 Å². The number of carbonyl (C=O) groups is 1. The molecular formula is C19H26N8OS2. The van der Waals surface area contributed by atoms with E-state index in [9.17, 15) is 4.79 Å². The second kappa shape index (κ2) is 9.69. The third kappa shape index (κ3) is 4.72. The quantitative estimate of drug-likeness (QED) is 0.525. The number of carbonyl (C=O) groups excluding carboxylic acids is 1. The molecule has 3 aromatic rings. The number of hydrogen-bond donors (Lipinski definition) is 1. The Kier molecular flexibility index (Phi) is 6.78. The molecule has 0 unspecified atom stereocenters. The third-order valence-corrected chi connectivity index (χ3v) is 7.19. The van der Waals surface area contributed by atoms with Gasteiger partial charge in [-0.15, -0.1) is 20.4 Å². The first kappa shape index (κ1) is 21.0. The van der Waals surface area contributed by atoms with Crippen LogP contribution < -0.4 is 5.32 Å². The van der Waals surface area contributed by atoms with Crippen LogP contribution in [0, 0.1) is 0 Å². The molecule has 3 heterocycles. The summed E-state index contributed by atoms with van der Waals surface area (Å²) in [6, 6.07) is 0. The molecule has 4 rings (SSSR count). The molecule has 0 radical (unpaired) electrons. The zero-order chi connectivity index (χ0) is 20.9. The average molecular weight is 447 g/mol. The Morgan fingerprint density at radius 2 is 2.00 bits per heavy atom. The van der Waals surface area contributed by atoms with Crippen molar-refractivity contribution in [1.29, 1.82) is 0 Å². The van der Waals surface area contributed by atoms with Crippen LogP contribution in [0.15, 0.2) is 17.6 Å². The molecule has 11 heteroatoms. The van der Waals surface area contributed by atoms with Gasteiger partial charge in [-0.05, 0) is 26.7 Å². The van der Waals surface area contributed by atoms with Crippen molar-refractivity contribution in [1.82, 2.24) is 34.7 Å². The lowest BCUT2D eigenvalue weighted by Gasteiger charge is -2.18. The van der Waals surface area contributed by atoms with E-state index < -0.39 is 0 Å². The molecule has 0 atom stereocenters. The monoisotopic (exact) mass is 446 g/mol. The number of aryl methyl sites for hydroxylation is 1. The van der Waals surface area contributed by atoms with Crippen LogP contribution in [-0.4, -0.2) is 46.4 Å². The number of amides is 1. The maximum absolute atomic E-state index is 12.4. The maximum Gasteiger partial charge on any atom is 0.236 e. The van der Waals surface area contributed by atoms with Crippen molar-refractivity contribution >= 4 is 34.1 Å². The molecule has 1 aliphatic rings. The molecule has 1 amide bonds. The highest BCUT2D eigenvalue weighted by Gasteiger charge is 2.21. The molecule has 0 aromatic carbocycles. The van der Waals surface area contributed by atoms with Crippen molar-refractivity contribution in [2.24, 2.45) is 0 Å². The van der Waals surface area contributed by atoms with E-state index in [0.717, 1.165) is 22.9 Å². The van der Waals surface area contributed by atoms with E-state index in [-0.39, 0.29) is 11.7 Å². The molecule has 160 valence electrons. The highest BCUT2D eigenvalue weighted by molar-refractivity contribution is 7.99. The highest BCUT2D eigenvalue weighted by atomic mass is 32.2. The predicted molar refractivity (Wildman–Crippen MR) is 118 cm³/mol. The van der Waals surface area contributed by atoms with Gasteiger partial charge < -0.3 is 4.57 Å². The van der Waals surface area contributed by atoms with Gasteiger partial charge in [-0.2, -0.15) is 5.10 Å². The van der Waals surface area contributed by atoms with Crippen molar-refractivity contribution in [2.45, 2.75) is 70.1 Å². The summed E-state index contributed by atoms with van der Waals surface area (Å²) in [7, 11) is 0. The van der Waals surface area contributed by atoms with Gasteiger partial charge in [-0.1, -0.05) is 42.4 Å². The second-order valence-corrected chi connectivity index (χ2v) is 9.20. The second-order valence-electron chi connectivity index (χ2n) is 7.25. The van der Waals surface area contributed by atoms with Gasteiger partial charge in [0.2, 0.25) is 11.0 Å². The van der Waals surface area contributed by atoms with E-state index in [1.165, 1.54) is 55.2 Å². The Morgan fingerprint density at radius 1 is 1.17 bits per heavy atom. The van der Waals surface area contributed by atoms with E-state index in [2.05, 4.69) is 30.8 Å². The maximum atomic E-state index is 12.4. The first-order chi connectivity index (χ1) is 14.7. The molecule has 3 aromatic heterocycles. The van der Waals surface area contributed by atoms with E-state index >= 15 is 0 Å². The Bertz CT molecular complexity index is 988. The lowest BCUT2D eigenvalue weighted by Crippen LogP contribution is -2.14. The number of aromatic nitrogens is 7. The lowest BCUT2D eigenvalue weighted by atomic mass is 9.90.